The van der Waals surface area contributed by atoms with E-state index in [0.29, 0.717) is 18.5 Å². The lowest BCUT2D eigenvalue weighted by molar-refractivity contribution is -0.115. The Morgan fingerprint density at radius 2 is 2.16 bits per heavy atom. The molecule has 0 bridgehead atoms. The first-order valence-electron chi connectivity index (χ1n) is 8.30. The van der Waals surface area contributed by atoms with E-state index in [1.165, 1.54) is 0 Å². The number of anilines is 2. The third-order valence-electron chi connectivity index (χ3n) is 4.44. The largest absolute Gasteiger partial charge is 0.326 e. The van der Waals surface area contributed by atoms with Crippen LogP contribution in [0.25, 0.3) is 0 Å². The maximum Gasteiger partial charge on any atom is 0.321 e. The minimum atomic E-state index is -0.183. The molecule has 0 saturated carbocycles. The number of urea groups is 1. The molecule has 3 amide bonds. The smallest absolute Gasteiger partial charge is 0.321 e. The fraction of sp³-hybridized carbons (Fsp3) is 0.316. The van der Waals surface area contributed by atoms with E-state index in [9.17, 15) is 9.59 Å². The molecule has 6 nitrogen and oxygen atoms in total. The summed E-state index contributed by atoms with van der Waals surface area (Å²) in [7, 11) is 1.77. The molecule has 25 heavy (non-hydrogen) atoms. The zero-order valence-corrected chi connectivity index (χ0v) is 14.7. The Balaban J connectivity index is 1.62. The maximum absolute atomic E-state index is 12.5. The number of aryl methyl sites for hydroxylation is 1. The van der Waals surface area contributed by atoms with E-state index < -0.39 is 0 Å². The van der Waals surface area contributed by atoms with Gasteiger partial charge in [-0.3, -0.25) is 9.78 Å². The highest BCUT2D eigenvalue weighted by Crippen LogP contribution is 2.26. The fourth-order valence-corrected chi connectivity index (χ4v) is 2.87. The van der Waals surface area contributed by atoms with Crippen LogP contribution in [0.3, 0.4) is 0 Å². The quantitative estimate of drug-likeness (QED) is 0.900. The second-order valence-electron chi connectivity index (χ2n) is 6.52. The summed E-state index contributed by atoms with van der Waals surface area (Å²) in [6.07, 6.45) is 2.83. The summed E-state index contributed by atoms with van der Waals surface area (Å²) in [6, 6.07) is 9.26. The van der Waals surface area contributed by atoms with Crippen LogP contribution in [0.4, 0.5) is 16.2 Å². The molecule has 1 aliphatic rings. The number of likely N-dealkylation sites (N-methyl/N-ethyl adjacent to an activating group) is 1. The van der Waals surface area contributed by atoms with E-state index >= 15 is 0 Å². The number of amides is 3. The lowest BCUT2D eigenvalue weighted by Gasteiger charge is -2.25. The molecule has 1 atom stereocenters. The summed E-state index contributed by atoms with van der Waals surface area (Å²) in [4.78, 5) is 29.9. The molecule has 2 aromatic rings. The summed E-state index contributed by atoms with van der Waals surface area (Å²) in [5.74, 6) is -0.0186. The topological polar surface area (TPSA) is 74.3 Å². The predicted molar refractivity (Wildman–Crippen MR) is 97.7 cm³/mol. The second kappa shape index (κ2) is 6.93. The number of hydrogen-bond acceptors (Lipinski definition) is 3. The standard InChI is InChI=1S/C19H22N4O2/c1-12-6-7-20-16(8-12)9-13(2)23(3)19(25)21-15-4-5-17-14(10-15)11-18(24)22-17/h4-8,10,13H,9,11H2,1-3H3,(H,21,25)(H,22,24)/t13-/m0/s1. The van der Waals surface area contributed by atoms with Crippen molar-refractivity contribution in [3.63, 3.8) is 0 Å². The molecule has 1 aromatic heterocycles. The van der Waals surface area contributed by atoms with Crippen LogP contribution in [0.5, 0.6) is 0 Å². The number of nitrogens with zero attached hydrogens (tertiary/aromatic N) is 2. The van der Waals surface area contributed by atoms with Crippen molar-refractivity contribution in [1.29, 1.82) is 0 Å². The number of fused-ring (bicyclic) bond motifs is 1. The lowest BCUT2D eigenvalue weighted by atomic mass is 10.1. The van der Waals surface area contributed by atoms with Gasteiger partial charge < -0.3 is 15.5 Å². The van der Waals surface area contributed by atoms with Crippen molar-refractivity contribution in [2.45, 2.75) is 32.7 Å². The van der Waals surface area contributed by atoms with Crippen molar-refractivity contribution in [2.75, 3.05) is 17.7 Å². The highest BCUT2D eigenvalue weighted by molar-refractivity contribution is 6.00. The number of rotatable bonds is 4. The molecular weight excluding hydrogens is 316 g/mol. The number of benzene rings is 1. The highest BCUT2D eigenvalue weighted by Gasteiger charge is 2.20. The zero-order valence-electron chi connectivity index (χ0n) is 14.7. The number of aromatic nitrogens is 1. The molecule has 0 radical (unpaired) electrons. The SMILES string of the molecule is Cc1ccnc(C[C@H](C)N(C)C(=O)Nc2ccc3c(c2)CC(=O)N3)c1. The molecule has 1 aliphatic heterocycles. The summed E-state index contributed by atoms with van der Waals surface area (Å²) in [6.45, 7) is 4.02. The third kappa shape index (κ3) is 3.96. The number of carbonyl (C=O) groups is 2. The van der Waals surface area contributed by atoms with Gasteiger partial charge in [0.15, 0.2) is 0 Å². The normalized spacial score (nSPS) is 13.8. The van der Waals surface area contributed by atoms with Crippen molar-refractivity contribution in [1.82, 2.24) is 9.88 Å². The summed E-state index contributed by atoms with van der Waals surface area (Å²) >= 11 is 0. The third-order valence-corrected chi connectivity index (χ3v) is 4.44. The lowest BCUT2D eigenvalue weighted by Crippen LogP contribution is -2.39. The molecule has 3 rings (SSSR count). The number of pyridine rings is 1. The molecule has 130 valence electrons. The minimum Gasteiger partial charge on any atom is -0.326 e. The van der Waals surface area contributed by atoms with Crippen LogP contribution in [-0.2, 0) is 17.6 Å². The first kappa shape index (κ1) is 17.0. The van der Waals surface area contributed by atoms with E-state index in [4.69, 9.17) is 0 Å². The van der Waals surface area contributed by atoms with Gasteiger partial charge in [-0.25, -0.2) is 4.79 Å². The Bertz CT molecular complexity index is 819. The van der Waals surface area contributed by atoms with Crippen LogP contribution in [0, 0.1) is 6.92 Å². The average Bonchev–Trinajstić information content (AvgIpc) is 2.93. The van der Waals surface area contributed by atoms with Crippen molar-refractivity contribution in [3.8, 4) is 0 Å². The zero-order chi connectivity index (χ0) is 18.0. The molecule has 0 aliphatic carbocycles. The summed E-state index contributed by atoms with van der Waals surface area (Å²) in [5.41, 5.74) is 4.53. The van der Waals surface area contributed by atoms with E-state index in [2.05, 4.69) is 15.6 Å². The van der Waals surface area contributed by atoms with Gasteiger partial charge in [0.2, 0.25) is 5.91 Å². The first-order chi connectivity index (χ1) is 11.9. The average molecular weight is 338 g/mol. The van der Waals surface area contributed by atoms with Crippen LogP contribution < -0.4 is 10.6 Å². The molecule has 6 heteroatoms. The van der Waals surface area contributed by atoms with Crippen LogP contribution in [0.1, 0.15) is 23.7 Å². The minimum absolute atomic E-state index is 0.00646. The van der Waals surface area contributed by atoms with Crippen molar-refractivity contribution in [3.05, 3.63) is 53.3 Å². The molecule has 0 saturated heterocycles. The van der Waals surface area contributed by atoms with Gasteiger partial charge in [-0.05, 0) is 55.3 Å². The van der Waals surface area contributed by atoms with Crippen LogP contribution in [0.2, 0.25) is 0 Å². The predicted octanol–water partition coefficient (Wildman–Crippen LogP) is 2.98. The molecule has 0 unspecified atom stereocenters. The van der Waals surface area contributed by atoms with Gasteiger partial charge in [0.1, 0.15) is 0 Å². The molecular formula is C19H22N4O2. The monoisotopic (exact) mass is 338 g/mol. The number of carbonyl (C=O) groups excluding carboxylic acids is 2. The van der Waals surface area contributed by atoms with Gasteiger partial charge in [0, 0.05) is 42.8 Å². The Hall–Kier alpha value is -2.89. The van der Waals surface area contributed by atoms with E-state index in [0.717, 1.165) is 22.5 Å². The molecule has 2 heterocycles. The fourth-order valence-electron chi connectivity index (χ4n) is 2.87. The first-order valence-corrected chi connectivity index (χ1v) is 8.30. The van der Waals surface area contributed by atoms with Gasteiger partial charge in [-0.15, -0.1) is 0 Å². The summed E-state index contributed by atoms with van der Waals surface area (Å²) in [5, 5.41) is 5.67. The Labute approximate surface area is 147 Å². The molecule has 1 aromatic carbocycles. The van der Waals surface area contributed by atoms with Crippen LogP contribution in [-0.4, -0.2) is 34.9 Å². The molecule has 2 N–H and O–H groups in total. The molecule has 0 fully saturated rings. The van der Waals surface area contributed by atoms with Gasteiger partial charge in [-0.1, -0.05) is 0 Å². The van der Waals surface area contributed by atoms with E-state index in [1.54, 1.807) is 24.2 Å². The van der Waals surface area contributed by atoms with Crippen LogP contribution in [0.15, 0.2) is 36.5 Å². The Kier molecular flexibility index (Phi) is 4.70. The van der Waals surface area contributed by atoms with Crippen molar-refractivity contribution in [2.24, 2.45) is 0 Å². The number of hydrogen-bond donors (Lipinski definition) is 2. The highest BCUT2D eigenvalue weighted by atomic mass is 16.2. The Morgan fingerprint density at radius 1 is 1.36 bits per heavy atom. The van der Waals surface area contributed by atoms with Gasteiger partial charge in [0.05, 0.1) is 6.42 Å². The van der Waals surface area contributed by atoms with Crippen LogP contribution >= 0.6 is 0 Å². The van der Waals surface area contributed by atoms with Gasteiger partial charge >= 0.3 is 6.03 Å². The van der Waals surface area contributed by atoms with Gasteiger partial charge in [0.25, 0.3) is 0 Å². The summed E-state index contributed by atoms with van der Waals surface area (Å²) < 4.78 is 0. The van der Waals surface area contributed by atoms with Crippen molar-refractivity contribution >= 4 is 23.3 Å². The molecule has 0 spiro atoms. The van der Waals surface area contributed by atoms with Gasteiger partial charge in [-0.2, -0.15) is 0 Å². The van der Waals surface area contributed by atoms with E-state index in [-0.39, 0.29) is 18.0 Å². The van der Waals surface area contributed by atoms with E-state index in [1.807, 2.05) is 38.1 Å². The second-order valence-corrected chi connectivity index (χ2v) is 6.52. The Morgan fingerprint density at radius 3 is 2.92 bits per heavy atom. The van der Waals surface area contributed by atoms with Crippen molar-refractivity contribution < 1.29 is 9.59 Å². The maximum atomic E-state index is 12.5. The number of nitrogens with one attached hydrogen (secondary N) is 2.